The Morgan fingerprint density at radius 3 is 1.86 bits per heavy atom. The van der Waals surface area contributed by atoms with Crippen molar-refractivity contribution in [2.75, 3.05) is 16.0 Å². The highest BCUT2D eigenvalue weighted by molar-refractivity contribution is 6.00. The van der Waals surface area contributed by atoms with Crippen molar-refractivity contribution in [3.05, 3.63) is 90.0 Å². The molecule has 3 aromatic carbocycles. The van der Waals surface area contributed by atoms with Crippen LogP contribution in [0.3, 0.4) is 0 Å². The maximum atomic E-state index is 12.1. The molecule has 3 rings (SSSR count). The summed E-state index contributed by atoms with van der Waals surface area (Å²) in [5.41, 5.74) is 3.58. The molecular weight excluding hydrogens is 364 g/mol. The first-order chi connectivity index (χ1) is 14.1. The average molecular weight is 384 g/mol. The third-order valence-electron chi connectivity index (χ3n) is 4.18. The maximum Gasteiger partial charge on any atom is 0.323 e. The first kappa shape index (κ1) is 19.6. The number of amides is 3. The molecule has 0 aliphatic rings. The lowest BCUT2D eigenvalue weighted by atomic mass is 10.1. The van der Waals surface area contributed by atoms with Crippen molar-refractivity contribution in [2.45, 2.75) is 12.8 Å². The molecule has 29 heavy (non-hydrogen) atoms. The van der Waals surface area contributed by atoms with Gasteiger partial charge in [0.05, 0.1) is 11.6 Å². The van der Waals surface area contributed by atoms with E-state index in [9.17, 15) is 9.59 Å². The number of hydrogen-bond acceptors (Lipinski definition) is 3. The van der Waals surface area contributed by atoms with Gasteiger partial charge in [-0.3, -0.25) is 4.79 Å². The molecule has 0 atom stereocenters. The summed E-state index contributed by atoms with van der Waals surface area (Å²) in [7, 11) is 0. The van der Waals surface area contributed by atoms with Gasteiger partial charge in [0, 0.05) is 23.5 Å². The summed E-state index contributed by atoms with van der Waals surface area (Å²) in [6, 6.07) is 25.0. The Morgan fingerprint density at radius 2 is 1.28 bits per heavy atom. The van der Waals surface area contributed by atoms with Crippen LogP contribution >= 0.6 is 0 Å². The fourth-order valence-corrected chi connectivity index (χ4v) is 2.68. The number of nitrogens with one attached hydrogen (secondary N) is 3. The minimum absolute atomic E-state index is 0.100. The minimum Gasteiger partial charge on any atom is -0.326 e. The number of nitrogens with zero attached hydrogens (tertiary/aromatic N) is 1. The molecule has 3 N–H and O–H groups in total. The van der Waals surface area contributed by atoms with Crippen LogP contribution in [0, 0.1) is 11.3 Å². The third-order valence-corrected chi connectivity index (χ3v) is 4.18. The topological polar surface area (TPSA) is 94.0 Å². The largest absolute Gasteiger partial charge is 0.326 e. The predicted octanol–water partition coefficient (Wildman–Crippen LogP) is 4.77. The quantitative estimate of drug-likeness (QED) is 0.571. The smallest absolute Gasteiger partial charge is 0.323 e. The van der Waals surface area contributed by atoms with E-state index in [4.69, 9.17) is 5.26 Å². The summed E-state index contributed by atoms with van der Waals surface area (Å²) in [6.07, 6.45) is 0.933. The van der Waals surface area contributed by atoms with Crippen LogP contribution in [0.1, 0.15) is 17.5 Å². The van der Waals surface area contributed by atoms with Crippen LogP contribution in [0.25, 0.3) is 0 Å². The van der Waals surface area contributed by atoms with E-state index in [1.807, 2.05) is 30.3 Å². The maximum absolute atomic E-state index is 12.1. The molecule has 0 radical (unpaired) electrons. The zero-order chi connectivity index (χ0) is 20.5. The van der Waals surface area contributed by atoms with E-state index in [0.717, 1.165) is 5.56 Å². The van der Waals surface area contributed by atoms with Gasteiger partial charge in [0.15, 0.2) is 0 Å². The molecule has 0 bridgehead atoms. The van der Waals surface area contributed by atoms with E-state index < -0.39 is 0 Å². The lowest BCUT2D eigenvalue weighted by molar-refractivity contribution is -0.116. The monoisotopic (exact) mass is 384 g/mol. The van der Waals surface area contributed by atoms with Gasteiger partial charge >= 0.3 is 6.03 Å². The van der Waals surface area contributed by atoms with E-state index in [1.54, 1.807) is 48.5 Å². The van der Waals surface area contributed by atoms with E-state index in [-0.39, 0.29) is 11.9 Å². The van der Waals surface area contributed by atoms with Gasteiger partial charge in [-0.1, -0.05) is 30.3 Å². The molecule has 6 heteroatoms. The van der Waals surface area contributed by atoms with Crippen molar-refractivity contribution in [1.29, 1.82) is 5.26 Å². The highest BCUT2D eigenvalue weighted by atomic mass is 16.2. The average Bonchev–Trinajstić information content (AvgIpc) is 2.75. The standard InChI is InChI=1S/C23H20N4O2/c24-16-18-8-6-17(7-9-18)10-15-22(28)25-20-11-13-21(14-12-20)27-23(29)26-19-4-2-1-3-5-19/h1-9,11-14H,10,15H2,(H,25,28)(H2,26,27,29). The van der Waals surface area contributed by atoms with Gasteiger partial charge in [-0.05, 0) is 60.5 Å². The molecule has 0 aromatic heterocycles. The Balaban J connectivity index is 1.46. The summed E-state index contributed by atoms with van der Waals surface area (Å²) >= 11 is 0. The third kappa shape index (κ3) is 6.22. The fraction of sp³-hybridized carbons (Fsp3) is 0.0870. The van der Waals surface area contributed by atoms with Crippen LogP contribution in [0.4, 0.5) is 21.9 Å². The molecule has 144 valence electrons. The van der Waals surface area contributed by atoms with E-state index >= 15 is 0 Å². The number of rotatable bonds is 6. The van der Waals surface area contributed by atoms with Gasteiger partial charge in [0.25, 0.3) is 0 Å². The minimum atomic E-state index is -0.338. The van der Waals surface area contributed by atoms with Crippen molar-refractivity contribution in [3.63, 3.8) is 0 Å². The van der Waals surface area contributed by atoms with Crippen molar-refractivity contribution in [1.82, 2.24) is 0 Å². The molecule has 0 heterocycles. The molecule has 0 aliphatic carbocycles. The molecule has 0 unspecified atom stereocenters. The van der Waals surface area contributed by atoms with E-state index in [0.29, 0.717) is 35.5 Å². The second-order valence-electron chi connectivity index (χ2n) is 6.38. The van der Waals surface area contributed by atoms with Gasteiger partial charge in [-0.2, -0.15) is 5.26 Å². The summed E-state index contributed by atoms with van der Waals surface area (Å²) in [5.74, 6) is -0.100. The Bertz CT molecular complexity index is 1010. The lowest BCUT2D eigenvalue weighted by Gasteiger charge is -2.09. The number of urea groups is 1. The Hall–Kier alpha value is -4.11. The molecular formula is C23H20N4O2. The van der Waals surface area contributed by atoms with Crippen molar-refractivity contribution in [3.8, 4) is 6.07 Å². The van der Waals surface area contributed by atoms with Gasteiger partial charge in [-0.15, -0.1) is 0 Å². The van der Waals surface area contributed by atoms with Gasteiger partial charge in [0.2, 0.25) is 5.91 Å². The molecule has 0 fully saturated rings. The number of carbonyl (C=O) groups is 2. The number of anilines is 3. The number of aryl methyl sites for hydroxylation is 1. The number of nitriles is 1. The lowest BCUT2D eigenvalue weighted by Crippen LogP contribution is -2.19. The van der Waals surface area contributed by atoms with Crippen LogP contribution in [0.2, 0.25) is 0 Å². The second kappa shape index (κ2) is 9.72. The summed E-state index contributed by atoms with van der Waals surface area (Å²) in [4.78, 5) is 24.1. The zero-order valence-electron chi connectivity index (χ0n) is 15.7. The molecule has 6 nitrogen and oxygen atoms in total. The Morgan fingerprint density at radius 1 is 0.724 bits per heavy atom. The SMILES string of the molecule is N#Cc1ccc(CCC(=O)Nc2ccc(NC(=O)Nc3ccccc3)cc2)cc1. The first-order valence-corrected chi connectivity index (χ1v) is 9.14. The van der Waals surface area contributed by atoms with Crippen LogP contribution in [0.5, 0.6) is 0 Å². The molecule has 0 saturated carbocycles. The van der Waals surface area contributed by atoms with Crippen molar-refractivity contribution >= 4 is 29.0 Å². The van der Waals surface area contributed by atoms with Crippen molar-refractivity contribution < 1.29 is 9.59 Å². The van der Waals surface area contributed by atoms with Crippen LogP contribution in [-0.4, -0.2) is 11.9 Å². The molecule has 0 saturated heterocycles. The van der Waals surface area contributed by atoms with Gasteiger partial charge in [0.1, 0.15) is 0 Å². The summed E-state index contributed by atoms with van der Waals surface area (Å²) in [6.45, 7) is 0. The molecule has 3 aromatic rings. The van der Waals surface area contributed by atoms with E-state index in [2.05, 4.69) is 22.0 Å². The van der Waals surface area contributed by atoms with Crippen LogP contribution < -0.4 is 16.0 Å². The van der Waals surface area contributed by atoms with Crippen LogP contribution in [-0.2, 0) is 11.2 Å². The number of hydrogen-bond donors (Lipinski definition) is 3. The normalized spacial score (nSPS) is 9.90. The van der Waals surface area contributed by atoms with Gasteiger partial charge < -0.3 is 16.0 Å². The highest BCUT2D eigenvalue weighted by Crippen LogP contribution is 2.15. The summed E-state index contributed by atoms with van der Waals surface area (Å²) < 4.78 is 0. The molecule has 0 aliphatic heterocycles. The number of para-hydroxylation sites is 1. The molecule has 0 spiro atoms. The first-order valence-electron chi connectivity index (χ1n) is 9.14. The van der Waals surface area contributed by atoms with Gasteiger partial charge in [-0.25, -0.2) is 4.79 Å². The zero-order valence-corrected chi connectivity index (χ0v) is 15.7. The number of carbonyl (C=O) groups excluding carboxylic acids is 2. The summed E-state index contributed by atoms with van der Waals surface area (Å²) in [5, 5.41) is 17.1. The predicted molar refractivity (Wildman–Crippen MR) is 114 cm³/mol. The molecule has 3 amide bonds. The Kier molecular flexibility index (Phi) is 6.58. The van der Waals surface area contributed by atoms with Crippen LogP contribution in [0.15, 0.2) is 78.9 Å². The highest BCUT2D eigenvalue weighted by Gasteiger charge is 2.05. The second-order valence-corrected chi connectivity index (χ2v) is 6.38. The number of benzene rings is 3. The Labute approximate surface area is 169 Å². The van der Waals surface area contributed by atoms with E-state index in [1.165, 1.54) is 0 Å². The fourth-order valence-electron chi connectivity index (χ4n) is 2.68. The van der Waals surface area contributed by atoms with Crippen molar-refractivity contribution in [2.24, 2.45) is 0 Å².